The molecular weight excluding hydrogens is 1170 g/mol. The standard InChI is InChI=1S/C69H99N7O15/c1-12-48(6)64(57(86-10)44-61(80)75-34-20-27-56(75)65(87-11)49(7)66(81)71-54(69(84)85)43-50-21-14-13-15-22-50)74(9)68(83)62(46(2)3)72-67(82)63(47(4)5)73(8)59(78)32-35-88-37-39-90-41-42-91-40-38-89-36-33-70-58(77)30-31-60(79)76-45-53-25-17-16-23-51(53)28-29-52-24-18-19-26-55(52)76/h13-19,21-26,46-49,54,56-57,62-65H,12,20,27,30-45H2,1-11H3,(H,70,77)(H,71,81)(H,72,82)(H,84,85)/t48?,49?,54?,56-,57?,62?,63?,64?,65?/m1/s1. The molecule has 0 radical (unpaired) electrons. The Labute approximate surface area is 538 Å². The number of aliphatic carboxylic acids is 1. The molecule has 3 aromatic rings. The number of fused-ring (bicyclic) bond motifs is 2. The molecule has 0 saturated carbocycles. The van der Waals surface area contributed by atoms with Gasteiger partial charge in [-0.3, -0.25) is 33.6 Å². The topological polar surface area (TPSA) is 261 Å². The minimum absolute atomic E-state index is 0.00385. The molecule has 2 aliphatic heterocycles. The van der Waals surface area contributed by atoms with Crippen molar-refractivity contribution in [1.82, 2.24) is 30.7 Å². The second-order valence-electron chi connectivity index (χ2n) is 24.1. The first kappa shape index (κ1) is 74.5. The van der Waals surface area contributed by atoms with Crippen LogP contribution in [0.5, 0.6) is 0 Å². The van der Waals surface area contributed by atoms with Crippen LogP contribution in [0.4, 0.5) is 5.69 Å². The molecule has 0 aliphatic carbocycles. The first-order valence-electron chi connectivity index (χ1n) is 31.9. The highest BCUT2D eigenvalue weighted by Gasteiger charge is 2.44. The minimum Gasteiger partial charge on any atom is -0.480 e. The predicted molar refractivity (Wildman–Crippen MR) is 344 cm³/mol. The van der Waals surface area contributed by atoms with Crippen LogP contribution in [0.1, 0.15) is 116 Å². The van der Waals surface area contributed by atoms with Crippen molar-refractivity contribution in [2.45, 2.75) is 149 Å². The van der Waals surface area contributed by atoms with Crippen molar-refractivity contribution in [3.63, 3.8) is 0 Å². The largest absolute Gasteiger partial charge is 0.480 e. The van der Waals surface area contributed by atoms with E-state index in [1.54, 1.807) is 60.0 Å². The van der Waals surface area contributed by atoms with Gasteiger partial charge in [-0.05, 0) is 59.9 Å². The number of para-hydroxylation sites is 1. The van der Waals surface area contributed by atoms with Crippen molar-refractivity contribution in [3.05, 3.63) is 101 Å². The van der Waals surface area contributed by atoms with Gasteiger partial charge in [0.25, 0.3) is 0 Å². The van der Waals surface area contributed by atoms with E-state index in [0.717, 1.165) is 27.9 Å². The lowest BCUT2D eigenvalue weighted by molar-refractivity contribution is -0.149. The number of hydrogen-bond acceptors (Lipinski definition) is 14. The summed E-state index contributed by atoms with van der Waals surface area (Å²) >= 11 is 0. The molecule has 500 valence electrons. The first-order chi connectivity index (χ1) is 43.6. The maximum absolute atomic E-state index is 14.7. The number of methoxy groups -OCH3 is 2. The monoisotopic (exact) mass is 1270 g/mol. The van der Waals surface area contributed by atoms with Gasteiger partial charge >= 0.3 is 5.97 Å². The molecule has 2 aliphatic rings. The first-order valence-corrected chi connectivity index (χ1v) is 31.9. The van der Waals surface area contributed by atoms with Crippen LogP contribution in [-0.4, -0.2) is 204 Å². The van der Waals surface area contributed by atoms with Crippen molar-refractivity contribution in [2.75, 3.05) is 99.2 Å². The molecule has 4 N–H and O–H groups in total. The van der Waals surface area contributed by atoms with Crippen LogP contribution in [-0.2, 0) is 79.7 Å². The van der Waals surface area contributed by atoms with E-state index in [0.29, 0.717) is 58.8 Å². The van der Waals surface area contributed by atoms with Gasteiger partial charge in [-0.2, -0.15) is 0 Å². The van der Waals surface area contributed by atoms with Gasteiger partial charge in [0.1, 0.15) is 18.1 Å². The summed E-state index contributed by atoms with van der Waals surface area (Å²) in [5, 5.41) is 18.5. The van der Waals surface area contributed by atoms with E-state index < -0.39 is 66.1 Å². The van der Waals surface area contributed by atoms with Crippen molar-refractivity contribution in [3.8, 4) is 11.8 Å². The summed E-state index contributed by atoms with van der Waals surface area (Å²) in [6.45, 7) is 16.1. The van der Waals surface area contributed by atoms with Crippen LogP contribution in [0.25, 0.3) is 0 Å². The summed E-state index contributed by atoms with van der Waals surface area (Å²) in [5.41, 5.74) is 4.05. The van der Waals surface area contributed by atoms with Gasteiger partial charge in [0.2, 0.25) is 41.4 Å². The van der Waals surface area contributed by atoms with Crippen molar-refractivity contribution < 1.29 is 71.9 Å². The molecule has 0 aromatic heterocycles. The lowest BCUT2D eigenvalue weighted by Gasteiger charge is -2.41. The predicted octanol–water partition coefficient (Wildman–Crippen LogP) is 5.64. The highest BCUT2D eigenvalue weighted by Crippen LogP contribution is 2.31. The third-order valence-electron chi connectivity index (χ3n) is 17.0. The number of carbonyl (C=O) groups excluding carboxylic acids is 7. The fourth-order valence-electron chi connectivity index (χ4n) is 11.7. The summed E-state index contributed by atoms with van der Waals surface area (Å²) in [4.78, 5) is 115. The van der Waals surface area contributed by atoms with Crippen LogP contribution in [0.2, 0.25) is 0 Å². The van der Waals surface area contributed by atoms with E-state index >= 15 is 0 Å². The Morgan fingerprint density at radius 1 is 0.670 bits per heavy atom. The van der Waals surface area contributed by atoms with E-state index in [2.05, 4.69) is 27.8 Å². The van der Waals surface area contributed by atoms with Crippen LogP contribution in [0, 0.1) is 35.5 Å². The van der Waals surface area contributed by atoms with Crippen LogP contribution >= 0.6 is 0 Å². The lowest BCUT2D eigenvalue weighted by Crippen LogP contribution is -2.60. The summed E-state index contributed by atoms with van der Waals surface area (Å²) in [7, 11) is 6.19. The number of likely N-dealkylation sites (N-methyl/N-ethyl adjacent to an activating group) is 2. The van der Waals surface area contributed by atoms with E-state index in [1.165, 1.54) is 19.1 Å². The second kappa shape index (κ2) is 38.6. The van der Waals surface area contributed by atoms with Crippen LogP contribution < -0.4 is 20.9 Å². The summed E-state index contributed by atoms with van der Waals surface area (Å²) in [6, 6.07) is 20.1. The lowest BCUT2D eigenvalue weighted by atomic mass is 9.89. The Balaban J connectivity index is 0.989. The Kier molecular flexibility index (Phi) is 31.6. The average Bonchev–Trinajstić information content (AvgIpc) is 1.76. The molecule has 91 heavy (non-hydrogen) atoms. The molecule has 22 heteroatoms. The third-order valence-corrected chi connectivity index (χ3v) is 17.0. The average molecular weight is 1270 g/mol. The molecule has 7 amide bonds. The summed E-state index contributed by atoms with van der Waals surface area (Å²) < 4.78 is 34.5. The number of hydrogen-bond donors (Lipinski definition) is 4. The molecule has 8 unspecified atom stereocenters. The highest BCUT2D eigenvalue weighted by molar-refractivity contribution is 5.97. The zero-order valence-corrected chi connectivity index (χ0v) is 55.2. The van der Waals surface area contributed by atoms with Gasteiger partial charge < -0.3 is 69.1 Å². The summed E-state index contributed by atoms with van der Waals surface area (Å²) in [6.07, 6.45) is 0.430. The smallest absolute Gasteiger partial charge is 0.326 e. The molecule has 1 saturated heterocycles. The van der Waals surface area contributed by atoms with E-state index in [-0.39, 0.29) is 112 Å². The normalized spacial score (nSPS) is 16.3. The zero-order chi connectivity index (χ0) is 66.6. The van der Waals surface area contributed by atoms with Gasteiger partial charge in [-0.25, -0.2) is 4.79 Å². The third kappa shape index (κ3) is 22.5. The fourth-order valence-corrected chi connectivity index (χ4v) is 11.7. The van der Waals surface area contributed by atoms with Gasteiger partial charge in [0.15, 0.2) is 0 Å². The number of benzene rings is 3. The van der Waals surface area contributed by atoms with Gasteiger partial charge in [0, 0.05) is 71.8 Å². The molecule has 5 rings (SSSR count). The SMILES string of the molecule is CCC(C)C(C(CC(=O)N1CCC[C@@H]1C(OC)C(C)C(=O)NC(Cc1ccccc1)C(=O)O)OC)N(C)C(=O)C(NC(=O)C(C(C)C)N(C)C(=O)CCOCCOCCOCCOCCNC(=O)CCC(=O)N1Cc2ccccc2C#Cc2ccccc21)C(C)C. The maximum Gasteiger partial charge on any atom is 0.326 e. The van der Waals surface area contributed by atoms with E-state index in [4.69, 9.17) is 28.4 Å². The van der Waals surface area contributed by atoms with E-state index in [9.17, 15) is 43.5 Å². The second-order valence-corrected chi connectivity index (χ2v) is 24.1. The number of carbonyl (C=O) groups is 8. The number of rotatable bonds is 39. The van der Waals surface area contributed by atoms with Crippen LogP contribution in [0.15, 0.2) is 78.9 Å². The Morgan fingerprint density at radius 3 is 1.89 bits per heavy atom. The Bertz CT molecular complexity index is 2900. The number of carboxylic acids is 1. The molecular formula is C69H99N7O15. The van der Waals surface area contributed by atoms with Crippen molar-refractivity contribution in [1.29, 1.82) is 0 Å². The number of amides is 7. The number of anilines is 1. The molecule has 2 heterocycles. The number of nitrogens with zero attached hydrogens (tertiary/aromatic N) is 4. The van der Waals surface area contributed by atoms with Crippen molar-refractivity contribution >= 4 is 53.0 Å². The maximum atomic E-state index is 14.7. The number of likely N-dealkylation sites (tertiary alicyclic amines) is 1. The summed E-state index contributed by atoms with van der Waals surface area (Å²) in [5.74, 6) is 1.23. The molecule has 1 fully saturated rings. The van der Waals surface area contributed by atoms with Gasteiger partial charge in [-0.15, -0.1) is 0 Å². The van der Waals surface area contributed by atoms with Gasteiger partial charge in [-0.1, -0.05) is 127 Å². The number of ether oxygens (including phenoxy) is 6. The van der Waals surface area contributed by atoms with Gasteiger partial charge in [0.05, 0.1) is 108 Å². The Hall–Kier alpha value is -7.26. The number of carboxylic acid groups (broad SMARTS) is 1. The quantitative estimate of drug-likeness (QED) is 0.0398. The van der Waals surface area contributed by atoms with E-state index in [1.807, 2.05) is 96.1 Å². The molecule has 9 atom stereocenters. The zero-order valence-electron chi connectivity index (χ0n) is 55.2. The Morgan fingerprint density at radius 2 is 1.27 bits per heavy atom. The molecule has 0 bridgehead atoms. The van der Waals surface area contributed by atoms with Crippen molar-refractivity contribution in [2.24, 2.45) is 23.7 Å². The number of nitrogens with one attached hydrogen (secondary N) is 3. The molecule has 22 nitrogen and oxygen atoms in total. The highest BCUT2D eigenvalue weighted by atomic mass is 16.6. The molecule has 3 aromatic carbocycles. The van der Waals surface area contributed by atoms with Crippen LogP contribution in [0.3, 0.4) is 0 Å². The fraction of sp³-hybridized carbons (Fsp3) is 0.594. The minimum atomic E-state index is -1.17. The molecule has 0 spiro atoms.